The summed E-state index contributed by atoms with van der Waals surface area (Å²) in [7, 11) is 0. The Morgan fingerprint density at radius 1 is 0.884 bits per heavy atom. The molecular formula is C26H37N9O8. The van der Waals surface area contributed by atoms with E-state index in [-0.39, 0.29) is 56.8 Å². The van der Waals surface area contributed by atoms with Gasteiger partial charge in [0.25, 0.3) is 0 Å². The summed E-state index contributed by atoms with van der Waals surface area (Å²) in [6.07, 6.45) is 2.31. The van der Waals surface area contributed by atoms with Crippen LogP contribution < -0.4 is 33.2 Å². The van der Waals surface area contributed by atoms with Gasteiger partial charge in [-0.2, -0.15) is 0 Å². The molecule has 234 valence electrons. The number of aromatic nitrogens is 2. The number of guanidine groups is 1. The maximum absolute atomic E-state index is 13.5. The summed E-state index contributed by atoms with van der Waals surface area (Å²) >= 11 is 0. The highest BCUT2D eigenvalue weighted by molar-refractivity contribution is 5.94. The topological polar surface area (TPSA) is 301 Å². The smallest absolute Gasteiger partial charge is 0.326 e. The number of carbonyl (C=O) groups excluding carboxylic acids is 3. The maximum Gasteiger partial charge on any atom is 0.326 e. The zero-order chi connectivity index (χ0) is 31.9. The van der Waals surface area contributed by atoms with E-state index < -0.39 is 53.8 Å². The maximum atomic E-state index is 13.5. The van der Waals surface area contributed by atoms with Crippen molar-refractivity contribution in [2.75, 3.05) is 6.54 Å². The van der Waals surface area contributed by atoms with Crippen LogP contribution in [0.1, 0.15) is 36.9 Å². The fourth-order valence-electron chi connectivity index (χ4n) is 3.90. The number of hydrogen-bond donors (Lipinski definition) is 10. The number of amides is 3. The molecule has 4 unspecified atom stereocenters. The minimum absolute atomic E-state index is 0.00946. The molecule has 0 spiro atoms. The number of imidazole rings is 1. The van der Waals surface area contributed by atoms with Crippen LogP contribution >= 0.6 is 0 Å². The van der Waals surface area contributed by atoms with E-state index in [2.05, 4.69) is 30.9 Å². The quantitative estimate of drug-likeness (QED) is 0.0488. The summed E-state index contributed by atoms with van der Waals surface area (Å²) in [5.74, 6) is -5.05. The second kappa shape index (κ2) is 16.9. The van der Waals surface area contributed by atoms with E-state index >= 15 is 0 Å². The molecule has 1 aromatic carbocycles. The zero-order valence-corrected chi connectivity index (χ0v) is 23.2. The highest BCUT2D eigenvalue weighted by atomic mass is 16.4. The number of carboxylic acid groups (broad SMARTS) is 2. The second-order valence-corrected chi connectivity index (χ2v) is 9.66. The van der Waals surface area contributed by atoms with Crippen LogP contribution in [0.4, 0.5) is 0 Å². The lowest BCUT2D eigenvalue weighted by atomic mass is 10.0. The number of phenols is 1. The van der Waals surface area contributed by atoms with Gasteiger partial charge in [0.15, 0.2) is 5.96 Å². The van der Waals surface area contributed by atoms with Crippen molar-refractivity contribution in [1.82, 2.24) is 25.9 Å². The number of rotatable bonds is 18. The largest absolute Gasteiger partial charge is 0.508 e. The lowest BCUT2D eigenvalue weighted by Gasteiger charge is -2.25. The van der Waals surface area contributed by atoms with Gasteiger partial charge in [0, 0.05) is 37.7 Å². The molecule has 17 nitrogen and oxygen atoms in total. The Balaban J connectivity index is 2.26. The predicted molar refractivity (Wildman–Crippen MR) is 152 cm³/mol. The first kappa shape index (κ1) is 34.0. The summed E-state index contributed by atoms with van der Waals surface area (Å²) in [5, 5.41) is 35.6. The van der Waals surface area contributed by atoms with E-state index in [1.54, 1.807) is 0 Å². The molecule has 0 fully saturated rings. The Labute approximate surface area is 246 Å². The number of aromatic amines is 1. The van der Waals surface area contributed by atoms with Crippen molar-refractivity contribution < 1.29 is 39.3 Å². The number of carbonyl (C=O) groups is 5. The number of hydrogen-bond acceptors (Lipinski definition) is 9. The molecule has 0 saturated heterocycles. The number of nitrogens with zero attached hydrogens (tertiary/aromatic N) is 2. The van der Waals surface area contributed by atoms with E-state index in [0.717, 1.165) is 0 Å². The van der Waals surface area contributed by atoms with Crippen LogP contribution in [0.3, 0.4) is 0 Å². The summed E-state index contributed by atoms with van der Waals surface area (Å²) in [6, 6.07) is 0.694. The molecule has 1 aromatic heterocycles. The van der Waals surface area contributed by atoms with Crippen LogP contribution in [0.2, 0.25) is 0 Å². The molecule has 2 aromatic rings. The molecule has 0 aliphatic heterocycles. The number of aliphatic carboxylic acids is 2. The van der Waals surface area contributed by atoms with Crippen molar-refractivity contribution in [2.24, 2.45) is 22.2 Å². The summed E-state index contributed by atoms with van der Waals surface area (Å²) in [5.41, 5.74) is 17.4. The van der Waals surface area contributed by atoms with Gasteiger partial charge in [-0.15, -0.1) is 0 Å². The number of phenolic OH excluding ortho intramolecular Hbond substituents is 1. The van der Waals surface area contributed by atoms with Crippen molar-refractivity contribution in [3.8, 4) is 5.75 Å². The molecule has 0 aliphatic rings. The van der Waals surface area contributed by atoms with Gasteiger partial charge < -0.3 is 53.5 Å². The minimum Gasteiger partial charge on any atom is -0.508 e. The van der Waals surface area contributed by atoms with Crippen molar-refractivity contribution in [1.29, 1.82) is 0 Å². The van der Waals surface area contributed by atoms with Gasteiger partial charge in [0.2, 0.25) is 17.7 Å². The number of aromatic hydroxyl groups is 1. The van der Waals surface area contributed by atoms with Crippen molar-refractivity contribution in [3.63, 3.8) is 0 Å². The summed E-state index contributed by atoms with van der Waals surface area (Å²) < 4.78 is 0. The van der Waals surface area contributed by atoms with Gasteiger partial charge >= 0.3 is 11.9 Å². The van der Waals surface area contributed by atoms with Crippen LogP contribution in [0.25, 0.3) is 0 Å². The van der Waals surface area contributed by atoms with Gasteiger partial charge in [0.05, 0.1) is 12.4 Å². The standard InChI is InChI=1S/C26H37N9O8/c27-17(7-8-21(37)38)22(39)34-20(11-15-12-30-13-32-15)24(41)35-19(10-14-3-5-16(36)6-4-14)23(40)33-18(25(42)43)2-1-9-31-26(28)29/h3-6,12-13,17-20,36H,1-2,7-11,27H2,(H,30,32)(H,33,40)(H,34,39)(H,35,41)(H,37,38)(H,42,43)(H4,28,29,31). The lowest BCUT2D eigenvalue weighted by Crippen LogP contribution is -2.58. The number of H-pyrrole nitrogens is 1. The lowest BCUT2D eigenvalue weighted by molar-refractivity contribution is -0.142. The molecule has 2 rings (SSSR count). The highest BCUT2D eigenvalue weighted by Gasteiger charge is 2.31. The van der Waals surface area contributed by atoms with E-state index in [9.17, 15) is 34.2 Å². The van der Waals surface area contributed by atoms with Gasteiger partial charge in [-0.25, -0.2) is 9.78 Å². The molecule has 4 atom stereocenters. The van der Waals surface area contributed by atoms with Crippen LogP contribution in [-0.4, -0.2) is 91.6 Å². The summed E-state index contributed by atoms with van der Waals surface area (Å²) in [6.45, 7) is 0.138. The number of aliphatic imine (C=N–C) groups is 1. The van der Waals surface area contributed by atoms with Crippen LogP contribution in [-0.2, 0) is 36.8 Å². The molecule has 1 heterocycles. The Kier molecular flexibility index (Phi) is 13.4. The van der Waals surface area contributed by atoms with Gasteiger partial charge in [-0.1, -0.05) is 12.1 Å². The average molecular weight is 604 g/mol. The molecule has 3 amide bonds. The Morgan fingerprint density at radius 2 is 1.49 bits per heavy atom. The molecule has 0 bridgehead atoms. The van der Waals surface area contributed by atoms with Crippen LogP contribution in [0.15, 0.2) is 41.8 Å². The predicted octanol–water partition coefficient (Wildman–Crippen LogP) is -2.31. The van der Waals surface area contributed by atoms with E-state index in [0.29, 0.717) is 11.3 Å². The summed E-state index contributed by atoms with van der Waals surface area (Å²) in [4.78, 5) is 72.7. The van der Waals surface area contributed by atoms with E-state index in [1.165, 1.54) is 36.8 Å². The van der Waals surface area contributed by atoms with Crippen LogP contribution in [0.5, 0.6) is 5.75 Å². The Hall–Kier alpha value is -5.19. The number of benzene rings is 1. The molecular weight excluding hydrogens is 566 g/mol. The van der Waals surface area contributed by atoms with Gasteiger partial charge in [0.1, 0.15) is 23.9 Å². The first-order valence-corrected chi connectivity index (χ1v) is 13.3. The SMILES string of the molecule is NC(N)=NCCCC(NC(=O)C(Cc1ccc(O)cc1)NC(=O)C(Cc1cnc[nH]1)NC(=O)C(N)CCC(=O)O)C(=O)O. The average Bonchev–Trinajstić information content (AvgIpc) is 3.46. The number of nitrogens with one attached hydrogen (secondary N) is 4. The third-order valence-electron chi connectivity index (χ3n) is 6.19. The van der Waals surface area contributed by atoms with E-state index in [4.69, 9.17) is 22.3 Å². The first-order chi connectivity index (χ1) is 20.3. The molecule has 43 heavy (non-hydrogen) atoms. The Morgan fingerprint density at radius 3 is 2.05 bits per heavy atom. The zero-order valence-electron chi connectivity index (χ0n) is 23.2. The van der Waals surface area contributed by atoms with Crippen molar-refractivity contribution in [2.45, 2.75) is 62.7 Å². The number of nitrogens with two attached hydrogens (primary N) is 3. The fourth-order valence-corrected chi connectivity index (χ4v) is 3.90. The second-order valence-electron chi connectivity index (χ2n) is 9.66. The van der Waals surface area contributed by atoms with Crippen molar-refractivity contribution >= 4 is 35.6 Å². The molecule has 0 saturated carbocycles. The molecule has 13 N–H and O–H groups in total. The molecule has 17 heteroatoms. The fraction of sp³-hybridized carbons (Fsp3) is 0.423. The number of carboxylic acids is 2. The Bertz CT molecular complexity index is 1260. The van der Waals surface area contributed by atoms with Gasteiger partial charge in [-0.3, -0.25) is 24.2 Å². The normalized spacial score (nSPS) is 13.5. The van der Waals surface area contributed by atoms with Gasteiger partial charge in [-0.05, 0) is 37.0 Å². The monoisotopic (exact) mass is 603 g/mol. The minimum atomic E-state index is -1.33. The van der Waals surface area contributed by atoms with Crippen LogP contribution in [0, 0.1) is 0 Å². The highest BCUT2D eigenvalue weighted by Crippen LogP contribution is 2.12. The third-order valence-corrected chi connectivity index (χ3v) is 6.19. The molecule has 0 aliphatic carbocycles. The third kappa shape index (κ3) is 12.5. The first-order valence-electron chi connectivity index (χ1n) is 13.3. The van der Waals surface area contributed by atoms with E-state index in [1.807, 2.05) is 0 Å². The van der Waals surface area contributed by atoms with Crippen molar-refractivity contribution in [3.05, 3.63) is 48.0 Å². The molecule has 0 radical (unpaired) electrons.